The lowest BCUT2D eigenvalue weighted by Gasteiger charge is -2.17. The molecule has 0 radical (unpaired) electrons. The molecule has 3 rings (SSSR count). The quantitative estimate of drug-likeness (QED) is 0.656. The maximum atomic E-state index is 14.4. The summed E-state index contributed by atoms with van der Waals surface area (Å²) in [6.45, 7) is 0.193. The highest BCUT2D eigenvalue weighted by Crippen LogP contribution is 2.36. The summed E-state index contributed by atoms with van der Waals surface area (Å²) in [6, 6.07) is 6.04. The third-order valence-electron chi connectivity index (χ3n) is 3.60. The van der Waals surface area contributed by atoms with E-state index >= 15 is 0 Å². The molecular formula is C16H17FN4O4S. The molecule has 1 aliphatic heterocycles. The Balaban J connectivity index is 1.76. The first kappa shape index (κ1) is 17.9. The number of aromatic hydroxyl groups is 1. The zero-order valence-corrected chi connectivity index (χ0v) is 14.9. The second-order valence-electron chi connectivity index (χ2n) is 5.39. The molecule has 10 heteroatoms. The van der Waals surface area contributed by atoms with Crippen LogP contribution in [0.25, 0.3) is 0 Å². The lowest BCUT2D eigenvalue weighted by Crippen LogP contribution is -2.16. The van der Waals surface area contributed by atoms with E-state index in [4.69, 9.17) is 9.47 Å². The largest absolute Gasteiger partial charge is 0.506 e. The number of hydrogen-bond acceptors (Lipinski definition) is 8. The van der Waals surface area contributed by atoms with Gasteiger partial charge in [0.05, 0.1) is 26.4 Å². The summed E-state index contributed by atoms with van der Waals surface area (Å²) in [5, 5.41) is 13.2. The van der Waals surface area contributed by atoms with E-state index in [0.717, 1.165) is 12.1 Å². The third-order valence-corrected chi connectivity index (χ3v) is 4.45. The average Bonchev–Trinajstić information content (AvgIpc) is 3.05. The Kier molecular flexibility index (Phi) is 5.21. The normalized spacial score (nSPS) is 13.5. The molecule has 0 saturated carbocycles. The standard InChI is InChI=1S/C16H17FN4O4S/c1-24-10-5-13(19-15(6-10)25-2)18-7-9-3-11(17)16(12(22)4-9)21-8-14(23)20-26-21/h3-6,22H,7-8H2,1-2H3,(H,18,19)(H,20,23). The molecule has 138 valence electrons. The first-order chi connectivity index (χ1) is 12.5. The predicted octanol–water partition coefficient (Wildman–Crippen LogP) is 2.05. The van der Waals surface area contributed by atoms with E-state index in [-0.39, 0.29) is 30.4 Å². The van der Waals surface area contributed by atoms with E-state index in [1.807, 2.05) is 0 Å². The molecule has 2 heterocycles. The van der Waals surface area contributed by atoms with E-state index in [9.17, 15) is 14.3 Å². The Bertz CT molecular complexity index is 791. The molecule has 0 aliphatic carbocycles. The number of hydrogen-bond donors (Lipinski definition) is 3. The monoisotopic (exact) mass is 380 g/mol. The average molecular weight is 380 g/mol. The molecule has 3 N–H and O–H groups in total. The number of nitrogens with zero attached hydrogens (tertiary/aromatic N) is 2. The van der Waals surface area contributed by atoms with Gasteiger partial charge in [0, 0.05) is 18.7 Å². The van der Waals surface area contributed by atoms with E-state index in [0.29, 0.717) is 23.0 Å². The number of carbonyl (C=O) groups excluding carboxylic acids is 1. The van der Waals surface area contributed by atoms with Crippen molar-refractivity contribution >= 4 is 29.5 Å². The number of halogens is 1. The number of anilines is 2. The van der Waals surface area contributed by atoms with Crippen LogP contribution in [0.1, 0.15) is 5.56 Å². The molecule has 1 aliphatic rings. The number of rotatable bonds is 6. The highest BCUT2D eigenvalue weighted by atomic mass is 32.2. The zero-order chi connectivity index (χ0) is 18.7. The number of phenols is 1. The van der Waals surface area contributed by atoms with Crippen molar-refractivity contribution in [1.82, 2.24) is 9.71 Å². The number of methoxy groups -OCH3 is 2. The number of nitrogens with one attached hydrogen (secondary N) is 2. The number of amides is 1. The number of pyridine rings is 1. The van der Waals surface area contributed by atoms with Gasteiger partial charge < -0.3 is 19.9 Å². The molecule has 26 heavy (non-hydrogen) atoms. The molecule has 2 aromatic rings. The van der Waals surface area contributed by atoms with Gasteiger partial charge in [-0.3, -0.25) is 13.8 Å². The Hall–Kier alpha value is -2.88. The summed E-state index contributed by atoms with van der Waals surface area (Å²) >= 11 is 0.937. The molecule has 0 spiro atoms. The fraction of sp³-hybridized carbons (Fsp3) is 0.250. The van der Waals surface area contributed by atoms with Gasteiger partial charge in [-0.05, 0) is 17.7 Å². The molecule has 1 amide bonds. The summed E-state index contributed by atoms with van der Waals surface area (Å²) in [6.07, 6.45) is 0. The molecule has 0 bridgehead atoms. The lowest BCUT2D eigenvalue weighted by atomic mass is 10.1. The van der Waals surface area contributed by atoms with Crippen molar-refractivity contribution in [3.63, 3.8) is 0 Å². The van der Waals surface area contributed by atoms with Crippen LogP contribution in [0.2, 0.25) is 0 Å². The van der Waals surface area contributed by atoms with Crippen molar-refractivity contribution in [3.05, 3.63) is 35.6 Å². The van der Waals surface area contributed by atoms with Crippen molar-refractivity contribution < 1.29 is 23.8 Å². The van der Waals surface area contributed by atoms with Gasteiger partial charge in [0.1, 0.15) is 29.5 Å². The Morgan fingerprint density at radius 3 is 2.77 bits per heavy atom. The van der Waals surface area contributed by atoms with Gasteiger partial charge in [-0.25, -0.2) is 4.39 Å². The summed E-state index contributed by atoms with van der Waals surface area (Å²) in [5.41, 5.74) is 0.481. The summed E-state index contributed by atoms with van der Waals surface area (Å²) in [4.78, 5) is 15.5. The molecule has 0 atom stereocenters. The Morgan fingerprint density at radius 1 is 1.35 bits per heavy atom. The number of aromatic nitrogens is 1. The number of benzene rings is 1. The molecular weight excluding hydrogens is 363 g/mol. The Morgan fingerprint density at radius 2 is 2.15 bits per heavy atom. The first-order valence-electron chi connectivity index (χ1n) is 7.59. The minimum Gasteiger partial charge on any atom is -0.506 e. The SMILES string of the molecule is COc1cc(NCc2cc(O)c(N3CC(=O)NS3)c(F)c2)nc(OC)c1. The van der Waals surface area contributed by atoms with Gasteiger partial charge in [-0.2, -0.15) is 4.98 Å². The fourth-order valence-corrected chi connectivity index (χ4v) is 3.13. The van der Waals surface area contributed by atoms with Crippen molar-refractivity contribution in [3.8, 4) is 17.4 Å². The molecule has 0 unspecified atom stereocenters. The summed E-state index contributed by atoms with van der Waals surface area (Å²) in [7, 11) is 3.02. The number of carbonyl (C=O) groups is 1. The Labute approximate surface area is 153 Å². The van der Waals surface area contributed by atoms with E-state index < -0.39 is 5.82 Å². The second-order valence-corrected chi connectivity index (χ2v) is 6.21. The fourth-order valence-electron chi connectivity index (χ4n) is 2.40. The van der Waals surface area contributed by atoms with Crippen molar-refractivity contribution in [2.75, 3.05) is 30.4 Å². The van der Waals surface area contributed by atoms with Crippen LogP contribution in [0.4, 0.5) is 15.9 Å². The van der Waals surface area contributed by atoms with Crippen LogP contribution in [0, 0.1) is 5.82 Å². The smallest absolute Gasteiger partial charge is 0.251 e. The van der Waals surface area contributed by atoms with E-state index in [1.54, 1.807) is 12.1 Å². The third kappa shape index (κ3) is 3.85. The minimum absolute atomic E-state index is 0.0275. The zero-order valence-electron chi connectivity index (χ0n) is 14.1. The summed E-state index contributed by atoms with van der Waals surface area (Å²) in [5.74, 6) is 0.294. The van der Waals surface area contributed by atoms with Crippen LogP contribution in [-0.2, 0) is 11.3 Å². The predicted molar refractivity (Wildman–Crippen MR) is 95.8 cm³/mol. The van der Waals surface area contributed by atoms with Crippen molar-refractivity contribution in [2.45, 2.75) is 6.54 Å². The van der Waals surface area contributed by atoms with Gasteiger partial charge in [0.25, 0.3) is 5.91 Å². The topological polar surface area (TPSA) is 96.0 Å². The highest BCUT2D eigenvalue weighted by Gasteiger charge is 2.26. The maximum Gasteiger partial charge on any atom is 0.251 e. The van der Waals surface area contributed by atoms with Crippen molar-refractivity contribution in [1.29, 1.82) is 0 Å². The first-order valence-corrected chi connectivity index (χ1v) is 8.36. The number of ether oxygens (including phenoxy) is 2. The van der Waals surface area contributed by atoms with Gasteiger partial charge in [-0.15, -0.1) is 0 Å². The van der Waals surface area contributed by atoms with Crippen LogP contribution < -0.4 is 23.8 Å². The maximum absolute atomic E-state index is 14.4. The highest BCUT2D eigenvalue weighted by molar-refractivity contribution is 7.99. The van der Waals surface area contributed by atoms with Crippen LogP contribution >= 0.6 is 12.1 Å². The molecule has 1 aromatic carbocycles. The van der Waals surface area contributed by atoms with Gasteiger partial charge in [0.15, 0.2) is 5.82 Å². The molecule has 8 nitrogen and oxygen atoms in total. The van der Waals surface area contributed by atoms with Crippen LogP contribution in [0.5, 0.6) is 17.4 Å². The number of phenolic OH excluding ortho intramolecular Hbond substituents is 1. The van der Waals surface area contributed by atoms with E-state index in [1.165, 1.54) is 30.7 Å². The molecule has 1 aromatic heterocycles. The summed E-state index contributed by atoms with van der Waals surface area (Å²) < 4.78 is 28.5. The van der Waals surface area contributed by atoms with Gasteiger partial charge in [-0.1, -0.05) is 0 Å². The van der Waals surface area contributed by atoms with Crippen LogP contribution in [-0.4, -0.2) is 36.8 Å². The van der Waals surface area contributed by atoms with E-state index in [2.05, 4.69) is 15.0 Å². The lowest BCUT2D eigenvalue weighted by molar-refractivity contribution is -0.117. The molecule has 1 fully saturated rings. The van der Waals surface area contributed by atoms with Crippen LogP contribution in [0.3, 0.4) is 0 Å². The van der Waals surface area contributed by atoms with Crippen molar-refractivity contribution in [2.24, 2.45) is 0 Å². The van der Waals surface area contributed by atoms with Crippen LogP contribution in [0.15, 0.2) is 24.3 Å². The minimum atomic E-state index is -0.623. The second kappa shape index (κ2) is 7.56. The van der Waals surface area contributed by atoms with Gasteiger partial charge >= 0.3 is 0 Å². The molecule has 1 saturated heterocycles. The van der Waals surface area contributed by atoms with Gasteiger partial charge in [0.2, 0.25) is 5.88 Å².